The first kappa shape index (κ1) is 55.7. The molecule has 0 aliphatic heterocycles. The molecule has 25 heteroatoms. The molecule has 0 fully saturated rings. The van der Waals surface area contributed by atoms with Gasteiger partial charge >= 0.3 is 0 Å². The van der Waals surface area contributed by atoms with Crippen LogP contribution in [-0.2, 0) is 58.1 Å². The zero-order valence-electron chi connectivity index (χ0n) is 40.5. The molecule has 8 rings (SSSR count). The summed E-state index contributed by atoms with van der Waals surface area (Å²) in [6.45, 7) is 3.34. The molecule has 400 valence electrons. The summed E-state index contributed by atoms with van der Waals surface area (Å²) >= 11 is 0. The number of amides is 4. The van der Waals surface area contributed by atoms with Gasteiger partial charge in [0.15, 0.2) is 0 Å². The second-order valence-electron chi connectivity index (χ2n) is 17.7. The van der Waals surface area contributed by atoms with Crippen molar-refractivity contribution in [2.45, 2.75) is 46.3 Å². The summed E-state index contributed by atoms with van der Waals surface area (Å²) in [4.78, 5) is 64.0. The number of carbonyl (C=O) groups is 5. The van der Waals surface area contributed by atoms with Crippen molar-refractivity contribution in [2.75, 3.05) is 21.3 Å². The second-order valence-corrected chi connectivity index (χ2v) is 23.3. The molecule has 0 spiro atoms. The molecule has 78 heavy (non-hydrogen) atoms. The first-order chi connectivity index (χ1) is 36.5. The van der Waals surface area contributed by atoms with E-state index in [1.807, 2.05) is 0 Å². The van der Waals surface area contributed by atoms with Crippen LogP contribution in [0.2, 0.25) is 0 Å². The van der Waals surface area contributed by atoms with Gasteiger partial charge in [-0.15, -0.1) is 0 Å². The minimum atomic E-state index is -5.41. The largest absolute Gasteiger partial charge is 0.322 e. The summed E-state index contributed by atoms with van der Waals surface area (Å²) < 4.78 is 137. The molecule has 0 aromatic heterocycles. The van der Waals surface area contributed by atoms with Crippen molar-refractivity contribution >= 4 is 114 Å². The first-order valence-corrected chi connectivity index (χ1v) is 28.5. The number of hydrogen-bond donors (Lipinski definition) is 8. The van der Waals surface area contributed by atoms with E-state index in [2.05, 4.69) is 21.3 Å². The van der Waals surface area contributed by atoms with Crippen molar-refractivity contribution in [2.24, 2.45) is 0 Å². The predicted molar refractivity (Wildman–Crippen MR) is 287 cm³/mol. The van der Waals surface area contributed by atoms with E-state index in [9.17, 15) is 75.9 Å². The van der Waals surface area contributed by atoms with Crippen LogP contribution in [0.3, 0.4) is 0 Å². The number of rotatable bonds is 16. The van der Waals surface area contributed by atoms with E-state index in [4.69, 9.17) is 0 Å². The number of nitrogens with one attached hydrogen (secondary N) is 4. The second kappa shape index (κ2) is 21.5. The van der Waals surface area contributed by atoms with Gasteiger partial charge in [0.1, 0.15) is 20.5 Å². The van der Waals surface area contributed by atoms with E-state index in [1.54, 1.807) is 80.6 Å². The molecule has 8 N–H and O–H groups in total. The SMILES string of the molecule is Cc1ccc(C(=O)Nc2ccc(S(=O)(=O)O)c3ccccc23)cc1NC(=O)c1cccc(CC(=O)Cc2cccc(C(=O)Nc3cc(C(=O)Nc4ccc(S(=O)(=O)O)c5cc(S(=O)(=O)O)cc(S(=O)(=O)O)c45)ccc3C)c2)c1. The summed E-state index contributed by atoms with van der Waals surface area (Å²) in [5.74, 6) is -2.98. The van der Waals surface area contributed by atoms with Crippen molar-refractivity contribution in [3.63, 3.8) is 0 Å². The maximum Gasteiger partial charge on any atom is 0.295 e. The summed E-state index contributed by atoms with van der Waals surface area (Å²) in [7, 11) is -20.4. The van der Waals surface area contributed by atoms with Crippen LogP contribution < -0.4 is 21.3 Å². The van der Waals surface area contributed by atoms with Gasteiger partial charge in [-0.2, -0.15) is 33.7 Å². The lowest BCUT2D eigenvalue weighted by atomic mass is 9.99. The van der Waals surface area contributed by atoms with E-state index < -0.39 is 95.2 Å². The smallest absolute Gasteiger partial charge is 0.295 e. The fraction of sp³-hybridized carbons (Fsp3) is 0.0755. The van der Waals surface area contributed by atoms with Crippen LogP contribution in [0.5, 0.6) is 0 Å². The number of Topliss-reactive ketones (excluding diaryl/α,β-unsaturated/α-hetero) is 1. The third-order valence-corrected chi connectivity index (χ3v) is 15.7. The van der Waals surface area contributed by atoms with Gasteiger partial charge in [0.05, 0.1) is 10.6 Å². The molecule has 0 saturated carbocycles. The van der Waals surface area contributed by atoms with Crippen LogP contribution in [0.1, 0.15) is 63.7 Å². The quantitative estimate of drug-likeness (QED) is 0.0425. The Hall–Kier alpha value is -8.53. The summed E-state index contributed by atoms with van der Waals surface area (Å²) in [5, 5.41) is 9.66. The molecule has 0 atom stereocenters. The fourth-order valence-electron chi connectivity index (χ4n) is 8.42. The number of carbonyl (C=O) groups excluding carboxylic acids is 5. The van der Waals surface area contributed by atoms with Crippen LogP contribution in [-0.4, -0.2) is 81.3 Å². The predicted octanol–water partition coefficient (Wildman–Crippen LogP) is 7.96. The third-order valence-electron chi connectivity index (χ3n) is 12.2. The summed E-state index contributed by atoms with van der Waals surface area (Å²) in [6.07, 6.45) is -0.208. The Balaban J connectivity index is 0.924. The third kappa shape index (κ3) is 12.5. The molecular formula is C53H42N4O17S4. The Kier molecular flexibility index (Phi) is 15.3. The van der Waals surface area contributed by atoms with Gasteiger partial charge in [0, 0.05) is 73.7 Å². The lowest BCUT2D eigenvalue weighted by Gasteiger charge is -2.16. The lowest BCUT2D eigenvalue weighted by molar-refractivity contribution is -0.117. The van der Waals surface area contributed by atoms with E-state index >= 15 is 0 Å². The minimum absolute atomic E-state index is 0.0939. The maximum absolute atomic E-state index is 13.7. The number of fused-ring (bicyclic) bond motifs is 2. The number of benzene rings is 8. The van der Waals surface area contributed by atoms with Crippen molar-refractivity contribution < 1.29 is 75.9 Å². The molecule has 0 aliphatic carbocycles. The highest BCUT2D eigenvalue weighted by Gasteiger charge is 2.28. The van der Waals surface area contributed by atoms with Gasteiger partial charge < -0.3 is 21.3 Å². The van der Waals surface area contributed by atoms with Gasteiger partial charge in [0.2, 0.25) is 0 Å². The molecule has 0 unspecified atom stereocenters. The number of hydrogen-bond acceptors (Lipinski definition) is 13. The van der Waals surface area contributed by atoms with Gasteiger partial charge in [-0.25, -0.2) is 0 Å². The van der Waals surface area contributed by atoms with E-state index in [1.165, 1.54) is 54.6 Å². The zero-order chi connectivity index (χ0) is 56.6. The maximum atomic E-state index is 13.7. The zero-order valence-corrected chi connectivity index (χ0v) is 43.8. The standard InChI is InChI=1S/C53H42N4O17S4/c1-29-13-15-35(52(61)54-42-17-19-46(76(66,67)68)40-12-4-3-11-39(40)42)25-44(29)56-50(59)33-9-5-7-31(21-33)23-37(58)24-32-8-6-10-34(22-32)51(60)57-45-26-36(16-14-30(45)2)53(62)55-43-18-20-47(77(69,70)71)41-27-38(75(63,64)65)28-48(49(41)43)78(72,73)74/h3-22,25-28H,23-24H2,1-2H3,(H,54,61)(H,55,62)(H,56,59)(H,57,60)(H,63,64,65)(H,66,67,68)(H,69,70,71)(H,72,73,74). The van der Waals surface area contributed by atoms with Gasteiger partial charge in [0.25, 0.3) is 64.1 Å². The van der Waals surface area contributed by atoms with E-state index in [-0.39, 0.29) is 62.5 Å². The number of ketones is 1. The van der Waals surface area contributed by atoms with Gasteiger partial charge in [-0.3, -0.25) is 42.2 Å². The summed E-state index contributed by atoms with van der Waals surface area (Å²) in [5.41, 5.74) is 2.69. The molecule has 0 heterocycles. The van der Waals surface area contributed by atoms with Crippen LogP contribution >= 0.6 is 0 Å². The lowest BCUT2D eigenvalue weighted by Crippen LogP contribution is -2.17. The van der Waals surface area contributed by atoms with Crippen LogP contribution in [0.15, 0.2) is 165 Å². The number of anilines is 4. The Morgan fingerprint density at radius 2 is 0.782 bits per heavy atom. The molecule has 4 amide bonds. The van der Waals surface area contributed by atoms with Crippen molar-refractivity contribution in [3.8, 4) is 0 Å². The Bertz CT molecular complexity index is 4360. The topological polar surface area (TPSA) is 351 Å². The van der Waals surface area contributed by atoms with Crippen molar-refractivity contribution in [3.05, 3.63) is 190 Å². The van der Waals surface area contributed by atoms with E-state index in [0.29, 0.717) is 45.5 Å². The average Bonchev–Trinajstić information content (AvgIpc) is 3.38. The molecule has 0 radical (unpaired) electrons. The van der Waals surface area contributed by atoms with Crippen molar-refractivity contribution in [1.29, 1.82) is 0 Å². The molecular weight excluding hydrogens is 1090 g/mol. The Labute approximate surface area is 445 Å². The monoisotopic (exact) mass is 1130 g/mol. The molecule has 8 aromatic rings. The van der Waals surface area contributed by atoms with E-state index in [0.717, 1.165) is 12.1 Å². The highest BCUT2D eigenvalue weighted by molar-refractivity contribution is 7.87. The minimum Gasteiger partial charge on any atom is -0.322 e. The molecule has 21 nitrogen and oxygen atoms in total. The Morgan fingerprint density at radius 3 is 1.24 bits per heavy atom. The highest BCUT2D eigenvalue weighted by Crippen LogP contribution is 2.38. The molecule has 8 aromatic carbocycles. The molecule has 0 saturated heterocycles. The normalized spacial score (nSPS) is 12.0. The molecule has 0 aliphatic rings. The van der Waals surface area contributed by atoms with Gasteiger partial charge in [-0.1, -0.05) is 60.7 Å². The van der Waals surface area contributed by atoms with Crippen LogP contribution in [0, 0.1) is 13.8 Å². The van der Waals surface area contributed by atoms with Crippen molar-refractivity contribution in [1.82, 2.24) is 0 Å². The van der Waals surface area contributed by atoms with Crippen LogP contribution in [0.25, 0.3) is 21.5 Å². The number of aryl methyl sites for hydroxylation is 2. The highest BCUT2D eigenvalue weighted by atomic mass is 32.2. The van der Waals surface area contributed by atoms with Crippen LogP contribution in [0.4, 0.5) is 22.7 Å². The average molecular weight is 1140 g/mol. The summed E-state index contributed by atoms with van der Waals surface area (Å²) in [6, 6.07) is 32.6. The Morgan fingerprint density at radius 1 is 0.372 bits per heavy atom. The fourth-order valence-corrected chi connectivity index (χ4v) is 11.2. The first-order valence-electron chi connectivity index (χ1n) is 22.7. The molecule has 0 bridgehead atoms. The van der Waals surface area contributed by atoms with Gasteiger partial charge in [-0.05, 0) is 121 Å².